The van der Waals surface area contributed by atoms with Gasteiger partial charge in [-0.2, -0.15) is 0 Å². The lowest BCUT2D eigenvalue weighted by Gasteiger charge is -2.08. The van der Waals surface area contributed by atoms with Gasteiger partial charge in [0.15, 0.2) is 23.0 Å². The minimum atomic E-state index is 0.387. The van der Waals surface area contributed by atoms with Gasteiger partial charge >= 0.3 is 0 Å². The second-order valence-electron chi connectivity index (χ2n) is 5.09. The molecule has 1 N–H and O–H groups in total. The third-order valence-corrected chi connectivity index (χ3v) is 4.02. The van der Waals surface area contributed by atoms with Crippen LogP contribution in [0.2, 0.25) is 0 Å². The summed E-state index contributed by atoms with van der Waals surface area (Å²) in [7, 11) is 3.18. The molecule has 1 aromatic carbocycles. The molecule has 24 heavy (non-hydrogen) atoms. The fourth-order valence-electron chi connectivity index (χ4n) is 2.59. The highest BCUT2D eigenvalue weighted by atomic mass is 32.1. The summed E-state index contributed by atoms with van der Waals surface area (Å²) >= 11 is 5.38. The van der Waals surface area contributed by atoms with Crippen LogP contribution in [0.15, 0.2) is 36.7 Å². The van der Waals surface area contributed by atoms with E-state index in [2.05, 4.69) is 20.1 Å². The smallest absolute Gasteiger partial charge is 0.221 e. The largest absolute Gasteiger partial charge is 0.493 e. The van der Waals surface area contributed by atoms with Crippen LogP contribution in [0.5, 0.6) is 11.5 Å². The number of nitrogens with one attached hydrogen (secondary N) is 1. The Morgan fingerprint density at radius 3 is 2.46 bits per heavy atom. The predicted octanol–water partition coefficient (Wildman–Crippen LogP) is 3.02. The van der Waals surface area contributed by atoms with Crippen molar-refractivity contribution in [2.24, 2.45) is 0 Å². The van der Waals surface area contributed by atoms with Crippen molar-refractivity contribution < 1.29 is 9.47 Å². The van der Waals surface area contributed by atoms with E-state index < -0.39 is 0 Å². The number of benzene rings is 1. The van der Waals surface area contributed by atoms with E-state index in [9.17, 15) is 0 Å². The molecule has 0 saturated carbocycles. The summed E-state index contributed by atoms with van der Waals surface area (Å²) in [5.74, 6) is 1.90. The fraction of sp³-hybridized carbons (Fsp3) is 0.125. The van der Waals surface area contributed by atoms with Crippen LogP contribution in [-0.4, -0.2) is 38.8 Å². The molecule has 4 rings (SSSR count). The zero-order valence-corrected chi connectivity index (χ0v) is 13.8. The average Bonchev–Trinajstić information content (AvgIpc) is 3.08. The Labute approximate surface area is 141 Å². The fourth-order valence-corrected chi connectivity index (χ4v) is 2.82. The molecule has 3 heterocycles. The van der Waals surface area contributed by atoms with Gasteiger partial charge in [0, 0.05) is 29.4 Å². The van der Waals surface area contributed by atoms with Crippen molar-refractivity contribution in [3.05, 3.63) is 41.4 Å². The van der Waals surface area contributed by atoms with Crippen molar-refractivity contribution in [1.82, 2.24) is 24.6 Å². The van der Waals surface area contributed by atoms with E-state index in [1.165, 1.54) is 0 Å². The van der Waals surface area contributed by atoms with Gasteiger partial charge in [-0.15, -0.1) is 0 Å². The molecule has 4 aromatic rings. The van der Waals surface area contributed by atoms with E-state index >= 15 is 0 Å². The first-order chi connectivity index (χ1) is 11.7. The van der Waals surface area contributed by atoms with Crippen molar-refractivity contribution in [2.45, 2.75) is 0 Å². The number of ether oxygens (including phenoxy) is 2. The highest BCUT2D eigenvalue weighted by Crippen LogP contribution is 2.33. The van der Waals surface area contributed by atoms with Gasteiger partial charge in [-0.1, -0.05) is 0 Å². The Morgan fingerprint density at radius 1 is 1.04 bits per heavy atom. The number of pyridine rings is 1. The van der Waals surface area contributed by atoms with Gasteiger partial charge in [0.25, 0.3) is 0 Å². The summed E-state index contributed by atoms with van der Waals surface area (Å²) in [5.41, 5.74) is 2.29. The van der Waals surface area contributed by atoms with Crippen LogP contribution in [0.3, 0.4) is 0 Å². The topological polar surface area (TPSA) is 77.3 Å². The normalized spacial score (nSPS) is 11.1. The molecule has 0 spiro atoms. The number of aromatic amines is 1. The van der Waals surface area contributed by atoms with E-state index in [4.69, 9.17) is 21.7 Å². The molecular formula is C16H13N5O2S. The highest BCUT2D eigenvalue weighted by molar-refractivity contribution is 7.71. The van der Waals surface area contributed by atoms with Gasteiger partial charge in [0.05, 0.1) is 19.7 Å². The summed E-state index contributed by atoms with van der Waals surface area (Å²) in [6.45, 7) is 0. The van der Waals surface area contributed by atoms with Crippen LogP contribution in [0.25, 0.3) is 27.9 Å². The molecular weight excluding hydrogens is 326 g/mol. The lowest BCUT2D eigenvalue weighted by atomic mass is 10.2. The molecule has 0 amide bonds. The Hall–Kier alpha value is -3.00. The average molecular weight is 339 g/mol. The van der Waals surface area contributed by atoms with Crippen LogP contribution in [0.4, 0.5) is 0 Å². The summed E-state index contributed by atoms with van der Waals surface area (Å²) in [6, 6.07) is 7.40. The van der Waals surface area contributed by atoms with Gasteiger partial charge in [-0.25, -0.2) is 14.5 Å². The van der Waals surface area contributed by atoms with Crippen molar-refractivity contribution >= 4 is 28.8 Å². The van der Waals surface area contributed by atoms with Crippen molar-refractivity contribution in [1.29, 1.82) is 0 Å². The van der Waals surface area contributed by atoms with Crippen molar-refractivity contribution in [2.75, 3.05) is 14.2 Å². The molecule has 0 radical (unpaired) electrons. The summed E-state index contributed by atoms with van der Waals surface area (Å²) in [4.78, 5) is 13.2. The van der Waals surface area contributed by atoms with Crippen LogP contribution >= 0.6 is 12.2 Å². The maximum absolute atomic E-state index is 5.38. The molecule has 0 aliphatic heterocycles. The van der Waals surface area contributed by atoms with E-state index in [1.54, 1.807) is 37.2 Å². The van der Waals surface area contributed by atoms with Gasteiger partial charge in [-0.05, 0) is 30.4 Å². The highest BCUT2D eigenvalue weighted by Gasteiger charge is 2.14. The number of methoxy groups -OCH3 is 2. The predicted molar refractivity (Wildman–Crippen MR) is 92.0 cm³/mol. The van der Waals surface area contributed by atoms with Gasteiger partial charge < -0.3 is 9.47 Å². The SMILES string of the molecule is COc1cc2nc(=S)n3[nH]c(-c4ccncc4)nc3c2cc1OC. The number of H-pyrrole nitrogens is 1. The lowest BCUT2D eigenvalue weighted by molar-refractivity contribution is 0.356. The molecule has 0 aliphatic rings. The molecule has 3 aromatic heterocycles. The summed E-state index contributed by atoms with van der Waals surface area (Å²) in [5, 5.41) is 3.99. The maximum Gasteiger partial charge on any atom is 0.221 e. The van der Waals surface area contributed by atoms with Gasteiger partial charge in [-0.3, -0.25) is 10.1 Å². The van der Waals surface area contributed by atoms with E-state index in [0.717, 1.165) is 10.9 Å². The van der Waals surface area contributed by atoms with E-state index in [-0.39, 0.29) is 0 Å². The molecule has 0 aliphatic carbocycles. The molecule has 8 heteroatoms. The zero-order chi connectivity index (χ0) is 16.7. The Balaban J connectivity index is 2.06. The second kappa shape index (κ2) is 5.57. The maximum atomic E-state index is 5.38. The number of rotatable bonds is 3. The number of hydrogen-bond donors (Lipinski definition) is 1. The van der Waals surface area contributed by atoms with Gasteiger partial charge in [0.1, 0.15) is 0 Å². The Bertz CT molecular complexity index is 1100. The van der Waals surface area contributed by atoms with Crippen LogP contribution in [0.1, 0.15) is 0 Å². The number of fused-ring (bicyclic) bond motifs is 3. The molecule has 0 unspecified atom stereocenters. The molecule has 120 valence electrons. The molecule has 7 nitrogen and oxygen atoms in total. The molecule has 0 saturated heterocycles. The van der Waals surface area contributed by atoms with Crippen LogP contribution in [-0.2, 0) is 0 Å². The first-order valence-electron chi connectivity index (χ1n) is 7.16. The van der Waals surface area contributed by atoms with Crippen molar-refractivity contribution in [3.8, 4) is 22.9 Å². The molecule has 0 bridgehead atoms. The summed E-state index contributed by atoms with van der Waals surface area (Å²) in [6.07, 6.45) is 3.43. The third kappa shape index (κ3) is 2.19. The van der Waals surface area contributed by atoms with Gasteiger partial charge in [0.2, 0.25) is 4.77 Å². The Morgan fingerprint density at radius 2 is 1.75 bits per heavy atom. The zero-order valence-electron chi connectivity index (χ0n) is 13.0. The number of nitrogens with zero attached hydrogens (tertiary/aromatic N) is 4. The monoisotopic (exact) mass is 339 g/mol. The van der Waals surface area contributed by atoms with E-state index in [0.29, 0.717) is 33.3 Å². The molecule has 0 fully saturated rings. The first kappa shape index (κ1) is 14.6. The minimum Gasteiger partial charge on any atom is -0.493 e. The third-order valence-electron chi connectivity index (χ3n) is 3.75. The summed E-state index contributed by atoms with van der Waals surface area (Å²) < 4.78 is 12.8. The lowest BCUT2D eigenvalue weighted by Crippen LogP contribution is -1.97. The standard InChI is InChI=1S/C16H13N5O2S/c1-22-12-7-10-11(8-13(12)23-2)18-16(24)21-15(10)19-14(20-21)9-3-5-17-6-4-9/h3-8H,1-2H3,(H,19,20). The minimum absolute atomic E-state index is 0.387. The second-order valence-corrected chi connectivity index (χ2v) is 5.45. The van der Waals surface area contributed by atoms with Crippen LogP contribution < -0.4 is 9.47 Å². The quantitative estimate of drug-likeness (QED) is 0.578. The molecule has 0 atom stereocenters. The van der Waals surface area contributed by atoms with E-state index in [1.807, 2.05) is 18.2 Å². The number of aromatic nitrogens is 5. The van der Waals surface area contributed by atoms with Crippen LogP contribution in [0, 0.1) is 4.77 Å². The number of hydrogen-bond acceptors (Lipinski definition) is 6. The first-order valence-corrected chi connectivity index (χ1v) is 7.57. The Kier molecular flexibility index (Phi) is 3.39. The van der Waals surface area contributed by atoms with Crippen molar-refractivity contribution in [3.63, 3.8) is 0 Å².